The lowest BCUT2D eigenvalue weighted by Crippen LogP contribution is -2.28. The summed E-state index contributed by atoms with van der Waals surface area (Å²) >= 11 is 3.32. The molecule has 114 valence electrons. The summed E-state index contributed by atoms with van der Waals surface area (Å²) in [4.78, 5) is 2.44. The minimum Gasteiger partial charge on any atom is -0.310 e. The molecule has 0 fully saturated rings. The van der Waals surface area contributed by atoms with Crippen LogP contribution in [-0.4, -0.2) is 30.6 Å². The van der Waals surface area contributed by atoms with Gasteiger partial charge in [-0.3, -0.25) is 0 Å². The first-order chi connectivity index (χ1) is 9.55. The summed E-state index contributed by atoms with van der Waals surface area (Å²) in [5.41, 5.74) is 0.979. The molecule has 0 aliphatic heterocycles. The number of benzene rings is 1. The number of nitrogens with zero attached hydrogens (tertiary/aromatic N) is 1. The Balaban J connectivity index is 2.27. The van der Waals surface area contributed by atoms with Gasteiger partial charge in [0.25, 0.3) is 0 Å². The van der Waals surface area contributed by atoms with Crippen molar-refractivity contribution in [2.24, 2.45) is 0 Å². The molecule has 1 N–H and O–H groups in total. The smallest absolute Gasteiger partial charge is 0.124 e. The van der Waals surface area contributed by atoms with Gasteiger partial charge in [-0.2, -0.15) is 0 Å². The molecular weight excluding hydrogens is 319 g/mol. The van der Waals surface area contributed by atoms with Crippen LogP contribution in [-0.2, 0) is 6.54 Å². The SMILES string of the molecule is CCN(CC)CCCC(C)NCc1cc(F)cc(Br)c1. The van der Waals surface area contributed by atoms with Gasteiger partial charge in [0.05, 0.1) is 0 Å². The monoisotopic (exact) mass is 344 g/mol. The Morgan fingerprint density at radius 2 is 1.95 bits per heavy atom. The zero-order valence-corrected chi connectivity index (χ0v) is 14.3. The third-order valence-corrected chi connectivity index (χ3v) is 4.04. The quantitative estimate of drug-likeness (QED) is 0.722. The van der Waals surface area contributed by atoms with Crippen LogP contribution >= 0.6 is 15.9 Å². The second kappa shape index (κ2) is 9.48. The van der Waals surface area contributed by atoms with E-state index < -0.39 is 0 Å². The normalized spacial score (nSPS) is 12.9. The van der Waals surface area contributed by atoms with Gasteiger partial charge in [0.2, 0.25) is 0 Å². The minimum atomic E-state index is -0.189. The fourth-order valence-corrected chi connectivity index (χ4v) is 2.78. The van der Waals surface area contributed by atoms with Crippen molar-refractivity contribution in [2.75, 3.05) is 19.6 Å². The van der Waals surface area contributed by atoms with Crippen LogP contribution in [0, 0.1) is 5.82 Å². The molecular formula is C16H26BrFN2. The van der Waals surface area contributed by atoms with Crippen molar-refractivity contribution in [3.63, 3.8) is 0 Å². The first kappa shape index (κ1) is 17.6. The Morgan fingerprint density at radius 1 is 1.25 bits per heavy atom. The average molecular weight is 345 g/mol. The number of hydrogen-bond acceptors (Lipinski definition) is 2. The van der Waals surface area contributed by atoms with Crippen molar-refractivity contribution in [3.8, 4) is 0 Å². The van der Waals surface area contributed by atoms with Gasteiger partial charge in [0, 0.05) is 17.1 Å². The van der Waals surface area contributed by atoms with Gasteiger partial charge in [0.1, 0.15) is 5.82 Å². The molecule has 0 bridgehead atoms. The second-order valence-electron chi connectivity index (χ2n) is 5.23. The molecule has 0 aromatic heterocycles. The highest BCUT2D eigenvalue weighted by molar-refractivity contribution is 9.10. The van der Waals surface area contributed by atoms with Gasteiger partial charge < -0.3 is 10.2 Å². The molecule has 0 radical (unpaired) electrons. The van der Waals surface area contributed by atoms with E-state index in [9.17, 15) is 4.39 Å². The summed E-state index contributed by atoms with van der Waals surface area (Å²) in [7, 11) is 0. The summed E-state index contributed by atoms with van der Waals surface area (Å²) in [6.45, 7) is 10.7. The van der Waals surface area contributed by atoms with Crippen molar-refractivity contribution >= 4 is 15.9 Å². The predicted molar refractivity (Wildman–Crippen MR) is 87.4 cm³/mol. The summed E-state index contributed by atoms with van der Waals surface area (Å²) in [5.74, 6) is -0.189. The third kappa shape index (κ3) is 6.82. The van der Waals surface area contributed by atoms with Crippen LogP contribution in [0.3, 0.4) is 0 Å². The molecule has 0 amide bonds. The molecule has 0 aliphatic carbocycles. The van der Waals surface area contributed by atoms with E-state index in [4.69, 9.17) is 0 Å². The fraction of sp³-hybridized carbons (Fsp3) is 0.625. The molecule has 1 aromatic rings. The molecule has 0 heterocycles. The first-order valence-electron chi connectivity index (χ1n) is 7.45. The van der Waals surface area contributed by atoms with Crippen molar-refractivity contribution < 1.29 is 4.39 Å². The summed E-state index contributed by atoms with van der Waals surface area (Å²) in [5, 5.41) is 3.46. The Labute approximate surface area is 130 Å². The highest BCUT2D eigenvalue weighted by atomic mass is 79.9. The predicted octanol–water partition coefficient (Wildman–Crippen LogP) is 4.19. The fourth-order valence-electron chi connectivity index (χ4n) is 2.27. The summed E-state index contributed by atoms with van der Waals surface area (Å²) in [6.07, 6.45) is 2.34. The molecule has 1 atom stereocenters. The lowest BCUT2D eigenvalue weighted by molar-refractivity contribution is 0.290. The van der Waals surface area contributed by atoms with Crippen LogP contribution in [0.25, 0.3) is 0 Å². The molecule has 0 aliphatic rings. The highest BCUT2D eigenvalue weighted by Gasteiger charge is 2.05. The minimum absolute atomic E-state index is 0.189. The van der Waals surface area contributed by atoms with E-state index in [1.807, 2.05) is 6.07 Å². The number of hydrogen-bond donors (Lipinski definition) is 1. The summed E-state index contributed by atoms with van der Waals surface area (Å²) in [6, 6.07) is 5.48. The zero-order valence-electron chi connectivity index (χ0n) is 12.8. The van der Waals surface area contributed by atoms with E-state index >= 15 is 0 Å². The van der Waals surface area contributed by atoms with Crippen molar-refractivity contribution in [2.45, 2.75) is 46.2 Å². The molecule has 1 rings (SSSR count). The standard InChI is InChI=1S/C16H26BrFN2/c1-4-20(5-2)8-6-7-13(3)19-12-14-9-15(17)11-16(18)10-14/h9-11,13,19H,4-8,12H2,1-3H3. The number of rotatable bonds is 9. The first-order valence-corrected chi connectivity index (χ1v) is 8.25. The van der Waals surface area contributed by atoms with E-state index in [0.29, 0.717) is 12.6 Å². The highest BCUT2D eigenvalue weighted by Crippen LogP contribution is 2.15. The van der Waals surface area contributed by atoms with E-state index in [2.05, 4.69) is 46.9 Å². The van der Waals surface area contributed by atoms with Crippen molar-refractivity contribution in [1.29, 1.82) is 0 Å². The maximum atomic E-state index is 13.3. The maximum Gasteiger partial charge on any atom is 0.124 e. The van der Waals surface area contributed by atoms with Gasteiger partial charge in [0.15, 0.2) is 0 Å². The van der Waals surface area contributed by atoms with Crippen LogP contribution < -0.4 is 5.32 Å². The third-order valence-electron chi connectivity index (χ3n) is 3.58. The Morgan fingerprint density at radius 3 is 2.55 bits per heavy atom. The van der Waals surface area contributed by atoms with E-state index in [-0.39, 0.29) is 5.82 Å². The molecule has 4 heteroatoms. The Bertz CT molecular complexity index is 374. The van der Waals surface area contributed by atoms with Crippen LogP contribution in [0.4, 0.5) is 4.39 Å². The van der Waals surface area contributed by atoms with Crippen LogP contribution in [0.5, 0.6) is 0 Å². The van der Waals surface area contributed by atoms with Gasteiger partial charge in [-0.25, -0.2) is 4.39 Å². The average Bonchev–Trinajstić information content (AvgIpc) is 2.40. The lowest BCUT2D eigenvalue weighted by Gasteiger charge is -2.19. The Hall–Kier alpha value is -0.450. The second-order valence-corrected chi connectivity index (χ2v) is 6.14. The van der Waals surface area contributed by atoms with Gasteiger partial charge in [-0.1, -0.05) is 29.8 Å². The van der Waals surface area contributed by atoms with Crippen LogP contribution in [0.2, 0.25) is 0 Å². The van der Waals surface area contributed by atoms with Crippen molar-refractivity contribution in [1.82, 2.24) is 10.2 Å². The zero-order chi connectivity index (χ0) is 15.0. The van der Waals surface area contributed by atoms with Gasteiger partial charge in [-0.15, -0.1) is 0 Å². The van der Waals surface area contributed by atoms with Crippen LogP contribution in [0.1, 0.15) is 39.2 Å². The summed E-state index contributed by atoms with van der Waals surface area (Å²) < 4.78 is 14.1. The van der Waals surface area contributed by atoms with E-state index in [0.717, 1.165) is 36.1 Å². The molecule has 0 saturated carbocycles. The number of halogens is 2. The van der Waals surface area contributed by atoms with Crippen molar-refractivity contribution in [3.05, 3.63) is 34.1 Å². The molecule has 0 saturated heterocycles. The number of nitrogens with one attached hydrogen (secondary N) is 1. The van der Waals surface area contributed by atoms with Gasteiger partial charge >= 0.3 is 0 Å². The van der Waals surface area contributed by atoms with E-state index in [1.54, 1.807) is 6.07 Å². The topological polar surface area (TPSA) is 15.3 Å². The van der Waals surface area contributed by atoms with E-state index in [1.165, 1.54) is 12.5 Å². The molecule has 1 unspecified atom stereocenters. The van der Waals surface area contributed by atoms with Crippen LogP contribution in [0.15, 0.2) is 22.7 Å². The molecule has 20 heavy (non-hydrogen) atoms. The largest absolute Gasteiger partial charge is 0.310 e. The molecule has 0 spiro atoms. The maximum absolute atomic E-state index is 13.3. The van der Waals surface area contributed by atoms with Gasteiger partial charge in [-0.05, 0) is 63.2 Å². The Kier molecular flexibility index (Phi) is 8.34. The molecule has 1 aromatic carbocycles. The lowest BCUT2D eigenvalue weighted by atomic mass is 10.1. The molecule has 2 nitrogen and oxygen atoms in total.